The number of benzene rings is 2. The molecule has 1 aliphatic carbocycles. The standard InChI is InChI=1S/C25H23N5OS/c1-2-21(32-25-27-23-22(28-29-25)17-11-3-6-12-18(17)26-23)24(31)30-19-13-7-4-9-15(19)16-10-5-8-14-20(16)30/h3-4,6-7,9,11-13,21H,2,5,8,10,14H2,1H3,(H,26,27,29). The predicted molar refractivity (Wildman–Crippen MR) is 128 cm³/mol. The number of carbonyl (C=O) groups is 1. The van der Waals surface area contributed by atoms with Crippen molar-refractivity contribution in [2.75, 3.05) is 0 Å². The van der Waals surface area contributed by atoms with E-state index in [0.29, 0.717) is 17.2 Å². The molecule has 3 aromatic heterocycles. The molecule has 1 atom stereocenters. The molecule has 7 heteroatoms. The third-order valence-corrected chi connectivity index (χ3v) is 7.60. The first-order valence-electron chi connectivity index (χ1n) is 11.2. The molecule has 2 aromatic carbocycles. The van der Waals surface area contributed by atoms with Crippen molar-refractivity contribution in [2.24, 2.45) is 0 Å². The van der Waals surface area contributed by atoms with Crippen molar-refractivity contribution in [3.05, 3.63) is 59.8 Å². The number of aryl methyl sites for hydroxylation is 1. The average Bonchev–Trinajstić information content (AvgIpc) is 3.37. The Hall–Kier alpha value is -3.19. The van der Waals surface area contributed by atoms with E-state index in [4.69, 9.17) is 0 Å². The molecule has 0 fully saturated rings. The van der Waals surface area contributed by atoms with Gasteiger partial charge in [0.05, 0.1) is 10.8 Å². The SMILES string of the molecule is CCC(Sc1nnc2c(n1)[nH]c1ccccc12)C(=O)n1c2c(c3ccccc31)CCCC2. The van der Waals surface area contributed by atoms with Crippen molar-refractivity contribution >= 4 is 50.6 Å². The van der Waals surface area contributed by atoms with Gasteiger partial charge in [-0.25, -0.2) is 4.98 Å². The third kappa shape index (κ3) is 3.03. The van der Waals surface area contributed by atoms with Gasteiger partial charge in [-0.1, -0.05) is 55.1 Å². The monoisotopic (exact) mass is 441 g/mol. The van der Waals surface area contributed by atoms with Crippen LogP contribution in [0, 0.1) is 0 Å². The van der Waals surface area contributed by atoms with Crippen LogP contribution in [-0.2, 0) is 12.8 Å². The Morgan fingerprint density at radius 2 is 1.84 bits per heavy atom. The molecule has 0 spiro atoms. The van der Waals surface area contributed by atoms with E-state index in [2.05, 4.69) is 38.4 Å². The molecule has 6 rings (SSSR count). The molecule has 1 N–H and O–H groups in total. The molecule has 1 aliphatic rings. The van der Waals surface area contributed by atoms with Crippen LogP contribution in [0.25, 0.3) is 33.0 Å². The number of carbonyl (C=O) groups excluding carboxylic acids is 1. The van der Waals surface area contributed by atoms with Crippen LogP contribution in [0.2, 0.25) is 0 Å². The minimum Gasteiger partial charge on any atom is -0.338 e. The van der Waals surface area contributed by atoms with Gasteiger partial charge in [0.25, 0.3) is 0 Å². The van der Waals surface area contributed by atoms with Crippen LogP contribution in [0.5, 0.6) is 0 Å². The van der Waals surface area contributed by atoms with Crippen molar-refractivity contribution in [2.45, 2.75) is 49.4 Å². The number of thioether (sulfide) groups is 1. The highest BCUT2D eigenvalue weighted by atomic mass is 32.2. The van der Waals surface area contributed by atoms with Crippen molar-refractivity contribution in [3.63, 3.8) is 0 Å². The van der Waals surface area contributed by atoms with Crippen molar-refractivity contribution in [1.82, 2.24) is 24.7 Å². The minimum absolute atomic E-state index is 0.109. The number of para-hydroxylation sites is 2. The topological polar surface area (TPSA) is 76.5 Å². The smallest absolute Gasteiger partial charge is 0.244 e. The van der Waals surface area contributed by atoms with Gasteiger partial charge in [0.2, 0.25) is 11.1 Å². The Balaban J connectivity index is 1.38. The Kier molecular flexibility index (Phi) is 4.72. The number of aromatic amines is 1. The fraction of sp³-hybridized carbons (Fsp3) is 0.280. The zero-order valence-corrected chi connectivity index (χ0v) is 18.7. The largest absolute Gasteiger partial charge is 0.338 e. The van der Waals surface area contributed by atoms with Gasteiger partial charge in [0.1, 0.15) is 5.52 Å². The molecule has 0 saturated carbocycles. The van der Waals surface area contributed by atoms with Crippen LogP contribution in [-0.4, -0.2) is 35.9 Å². The van der Waals surface area contributed by atoms with Gasteiger partial charge in [-0.05, 0) is 49.8 Å². The molecule has 32 heavy (non-hydrogen) atoms. The Morgan fingerprint density at radius 3 is 2.72 bits per heavy atom. The second kappa shape index (κ2) is 7.74. The predicted octanol–water partition coefficient (Wildman–Crippen LogP) is 5.55. The van der Waals surface area contributed by atoms with Crippen LogP contribution in [0.3, 0.4) is 0 Å². The summed E-state index contributed by atoms with van der Waals surface area (Å²) in [6.45, 7) is 2.04. The summed E-state index contributed by atoms with van der Waals surface area (Å²) in [5, 5.41) is 11.2. The van der Waals surface area contributed by atoms with Gasteiger partial charge in [-0.3, -0.25) is 9.36 Å². The summed E-state index contributed by atoms with van der Waals surface area (Å²) in [6, 6.07) is 16.3. The highest BCUT2D eigenvalue weighted by Crippen LogP contribution is 2.34. The van der Waals surface area contributed by atoms with Crippen LogP contribution < -0.4 is 0 Å². The molecule has 0 amide bonds. The molecular weight excluding hydrogens is 418 g/mol. The number of nitrogens with zero attached hydrogens (tertiary/aromatic N) is 4. The lowest BCUT2D eigenvalue weighted by atomic mass is 9.95. The average molecular weight is 442 g/mol. The number of H-pyrrole nitrogens is 1. The number of rotatable bonds is 4. The first-order valence-corrected chi connectivity index (χ1v) is 12.1. The number of hydrogen-bond donors (Lipinski definition) is 1. The van der Waals surface area contributed by atoms with Gasteiger partial charge < -0.3 is 4.98 Å². The zero-order valence-electron chi connectivity index (χ0n) is 17.8. The van der Waals surface area contributed by atoms with Crippen molar-refractivity contribution in [3.8, 4) is 0 Å². The normalized spacial score (nSPS) is 14.8. The molecule has 0 aliphatic heterocycles. The highest BCUT2D eigenvalue weighted by Gasteiger charge is 2.28. The van der Waals surface area contributed by atoms with Crippen molar-refractivity contribution < 1.29 is 4.79 Å². The number of aromatic nitrogens is 5. The summed E-state index contributed by atoms with van der Waals surface area (Å²) >= 11 is 1.40. The summed E-state index contributed by atoms with van der Waals surface area (Å²) in [5.74, 6) is 0.109. The first kappa shape index (κ1) is 19.5. The van der Waals surface area contributed by atoms with Crippen molar-refractivity contribution in [1.29, 1.82) is 0 Å². The molecule has 6 nitrogen and oxygen atoms in total. The number of fused-ring (bicyclic) bond motifs is 6. The highest BCUT2D eigenvalue weighted by molar-refractivity contribution is 8.00. The van der Waals surface area contributed by atoms with Gasteiger partial charge in [0.15, 0.2) is 5.65 Å². The van der Waals surface area contributed by atoms with Crippen LogP contribution in [0.4, 0.5) is 0 Å². The Morgan fingerprint density at radius 1 is 1.06 bits per heavy atom. The van der Waals surface area contributed by atoms with Crippen LogP contribution >= 0.6 is 11.8 Å². The molecule has 1 unspecified atom stereocenters. The van der Waals surface area contributed by atoms with Gasteiger partial charge in [-0.2, -0.15) is 0 Å². The quantitative estimate of drug-likeness (QED) is 0.370. The lowest BCUT2D eigenvalue weighted by Gasteiger charge is -2.18. The van der Waals surface area contributed by atoms with E-state index >= 15 is 0 Å². The molecule has 0 saturated heterocycles. The van der Waals surface area contributed by atoms with E-state index in [1.165, 1.54) is 34.8 Å². The summed E-state index contributed by atoms with van der Waals surface area (Å²) in [7, 11) is 0. The van der Waals surface area contributed by atoms with E-state index in [-0.39, 0.29) is 11.2 Å². The van der Waals surface area contributed by atoms with E-state index in [1.54, 1.807) is 0 Å². The molecule has 3 heterocycles. The fourth-order valence-corrected chi connectivity index (χ4v) is 5.74. The summed E-state index contributed by atoms with van der Waals surface area (Å²) in [6.07, 6.45) is 5.01. The maximum Gasteiger partial charge on any atom is 0.244 e. The molecule has 0 bridgehead atoms. The molecule has 5 aromatic rings. The molecule has 160 valence electrons. The first-order chi connectivity index (χ1) is 15.7. The van der Waals surface area contributed by atoms with E-state index in [0.717, 1.165) is 41.2 Å². The van der Waals surface area contributed by atoms with E-state index < -0.39 is 0 Å². The second-order valence-corrected chi connectivity index (χ2v) is 9.47. The summed E-state index contributed by atoms with van der Waals surface area (Å²) < 4.78 is 1.97. The lowest BCUT2D eigenvalue weighted by Crippen LogP contribution is -2.26. The van der Waals surface area contributed by atoms with E-state index in [9.17, 15) is 4.79 Å². The number of hydrogen-bond acceptors (Lipinski definition) is 5. The van der Waals surface area contributed by atoms with Crippen LogP contribution in [0.15, 0.2) is 53.7 Å². The Labute approximate surface area is 189 Å². The summed E-state index contributed by atoms with van der Waals surface area (Å²) in [4.78, 5) is 21.8. The molecule has 0 radical (unpaired) electrons. The number of nitrogens with one attached hydrogen (secondary N) is 1. The lowest BCUT2D eigenvalue weighted by molar-refractivity contribution is 0.0910. The fourth-order valence-electron chi connectivity index (χ4n) is 4.88. The minimum atomic E-state index is -0.277. The second-order valence-electron chi connectivity index (χ2n) is 8.30. The zero-order chi connectivity index (χ0) is 21.7. The molecular formula is C25H23N5OS. The Bertz CT molecular complexity index is 1480. The van der Waals surface area contributed by atoms with E-state index in [1.807, 2.05) is 41.8 Å². The third-order valence-electron chi connectivity index (χ3n) is 6.40. The van der Waals surface area contributed by atoms with Gasteiger partial charge in [-0.15, -0.1) is 10.2 Å². The van der Waals surface area contributed by atoms with Gasteiger partial charge >= 0.3 is 0 Å². The summed E-state index contributed by atoms with van der Waals surface area (Å²) in [5.41, 5.74) is 6.00. The van der Waals surface area contributed by atoms with Crippen LogP contribution in [0.1, 0.15) is 42.2 Å². The maximum absolute atomic E-state index is 13.8. The maximum atomic E-state index is 13.8. The van der Waals surface area contributed by atoms with Gasteiger partial charge in [0, 0.05) is 22.0 Å².